The zero-order valence-electron chi connectivity index (χ0n) is 15.0. The lowest BCUT2D eigenvalue weighted by Crippen LogP contribution is -2.36. The van der Waals surface area contributed by atoms with Crippen LogP contribution in [0.3, 0.4) is 0 Å². The number of nitrogens with zero attached hydrogens (tertiary/aromatic N) is 3. The van der Waals surface area contributed by atoms with Crippen molar-refractivity contribution in [2.24, 2.45) is 5.92 Å². The average molecular weight is 342 g/mol. The van der Waals surface area contributed by atoms with Gasteiger partial charge in [0.15, 0.2) is 5.76 Å². The van der Waals surface area contributed by atoms with E-state index in [1.165, 1.54) is 19.3 Å². The normalized spacial score (nSPS) is 21.8. The Labute approximate surface area is 148 Å². The zero-order valence-corrected chi connectivity index (χ0v) is 15.0. The molecule has 3 heterocycles. The minimum Gasteiger partial charge on any atom is -0.356 e. The van der Waals surface area contributed by atoms with E-state index >= 15 is 0 Å². The maximum atomic E-state index is 13.1. The summed E-state index contributed by atoms with van der Waals surface area (Å²) < 4.78 is 5.54. The van der Waals surface area contributed by atoms with Gasteiger partial charge in [0.05, 0.1) is 29.2 Å². The first-order valence-corrected chi connectivity index (χ1v) is 9.44. The minimum absolute atomic E-state index is 0.0664. The number of hydrogen-bond acceptors (Lipinski definition) is 4. The molecule has 2 fully saturated rings. The molecule has 1 N–H and O–H groups in total. The van der Waals surface area contributed by atoms with Crippen LogP contribution in [0.2, 0.25) is 0 Å². The summed E-state index contributed by atoms with van der Waals surface area (Å²) in [6.07, 6.45) is 9.51. The van der Waals surface area contributed by atoms with Crippen LogP contribution in [0, 0.1) is 19.8 Å². The number of nitrogens with one attached hydrogen (secondary N) is 1. The quantitative estimate of drug-likeness (QED) is 0.917. The Kier molecular flexibility index (Phi) is 4.36. The van der Waals surface area contributed by atoms with Crippen LogP contribution in [0.5, 0.6) is 0 Å². The summed E-state index contributed by atoms with van der Waals surface area (Å²) in [6, 6.07) is 0.0664. The number of carbonyl (C=O) groups is 1. The fourth-order valence-corrected chi connectivity index (χ4v) is 4.31. The van der Waals surface area contributed by atoms with E-state index in [0.29, 0.717) is 5.91 Å². The van der Waals surface area contributed by atoms with Gasteiger partial charge < -0.3 is 9.42 Å². The molecule has 0 radical (unpaired) electrons. The molecule has 134 valence electrons. The Morgan fingerprint density at radius 2 is 2.00 bits per heavy atom. The Balaban J connectivity index is 1.62. The molecule has 6 heteroatoms. The summed E-state index contributed by atoms with van der Waals surface area (Å²) in [4.78, 5) is 15.2. The number of aromatic nitrogens is 3. The smallest absolute Gasteiger partial charge is 0.226 e. The van der Waals surface area contributed by atoms with Crippen LogP contribution >= 0.6 is 0 Å². The third-order valence-corrected chi connectivity index (χ3v) is 5.89. The molecule has 4 rings (SSSR count). The van der Waals surface area contributed by atoms with Crippen molar-refractivity contribution in [2.45, 2.75) is 64.8 Å². The van der Waals surface area contributed by atoms with Gasteiger partial charge in [-0.15, -0.1) is 0 Å². The van der Waals surface area contributed by atoms with E-state index in [1.807, 2.05) is 13.8 Å². The SMILES string of the molecule is Cc1noc(-c2cn[nH]c2[C@@H]2CCCN2C(=O)C2CCCCC2)c1C. The molecule has 6 nitrogen and oxygen atoms in total. The van der Waals surface area contributed by atoms with Crippen molar-refractivity contribution < 1.29 is 9.32 Å². The summed E-state index contributed by atoms with van der Waals surface area (Å²) in [5.41, 5.74) is 3.85. The molecule has 0 unspecified atom stereocenters. The molecule has 1 atom stereocenters. The third kappa shape index (κ3) is 2.87. The van der Waals surface area contributed by atoms with Crippen molar-refractivity contribution in [3.63, 3.8) is 0 Å². The van der Waals surface area contributed by atoms with E-state index in [9.17, 15) is 4.79 Å². The number of aromatic amines is 1. The van der Waals surface area contributed by atoms with Gasteiger partial charge in [-0.25, -0.2) is 0 Å². The molecule has 2 aromatic heterocycles. The van der Waals surface area contributed by atoms with Crippen molar-refractivity contribution in [1.82, 2.24) is 20.3 Å². The molecule has 2 aliphatic rings. The summed E-state index contributed by atoms with van der Waals surface area (Å²) in [6.45, 7) is 4.79. The molecule has 2 aromatic rings. The molecule has 1 amide bonds. The van der Waals surface area contributed by atoms with E-state index < -0.39 is 0 Å². The van der Waals surface area contributed by atoms with Gasteiger partial charge in [-0.3, -0.25) is 9.89 Å². The highest BCUT2D eigenvalue weighted by atomic mass is 16.5. The van der Waals surface area contributed by atoms with Crippen molar-refractivity contribution in [1.29, 1.82) is 0 Å². The van der Waals surface area contributed by atoms with Crippen molar-refractivity contribution in [3.05, 3.63) is 23.1 Å². The Morgan fingerprint density at radius 1 is 1.20 bits per heavy atom. The highest BCUT2D eigenvalue weighted by molar-refractivity contribution is 5.80. The first kappa shape index (κ1) is 16.4. The number of amides is 1. The molecule has 0 aromatic carbocycles. The van der Waals surface area contributed by atoms with Crippen molar-refractivity contribution in [3.8, 4) is 11.3 Å². The fourth-order valence-electron chi connectivity index (χ4n) is 4.31. The number of carbonyl (C=O) groups excluding carboxylic acids is 1. The van der Waals surface area contributed by atoms with Crippen LogP contribution in [0.4, 0.5) is 0 Å². The summed E-state index contributed by atoms with van der Waals surface area (Å²) in [5, 5.41) is 11.5. The van der Waals surface area contributed by atoms with Gasteiger partial charge in [0.25, 0.3) is 0 Å². The van der Waals surface area contributed by atoms with Gasteiger partial charge in [0.1, 0.15) is 0 Å². The van der Waals surface area contributed by atoms with E-state index in [-0.39, 0.29) is 12.0 Å². The maximum absolute atomic E-state index is 13.1. The van der Waals surface area contributed by atoms with Crippen LogP contribution in [0.25, 0.3) is 11.3 Å². The monoisotopic (exact) mass is 342 g/mol. The fraction of sp³-hybridized carbons (Fsp3) is 0.632. The van der Waals surface area contributed by atoms with Gasteiger partial charge in [-0.2, -0.15) is 5.10 Å². The van der Waals surface area contributed by atoms with Crippen LogP contribution < -0.4 is 0 Å². The lowest BCUT2D eigenvalue weighted by Gasteiger charge is -2.30. The predicted octanol–water partition coefficient (Wildman–Crippen LogP) is 3.93. The molecule has 0 bridgehead atoms. The zero-order chi connectivity index (χ0) is 17.4. The third-order valence-electron chi connectivity index (χ3n) is 5.89. The van der Waals surface area contributed by atoms with E-state index in [4.69, 9.17) is 4.52 Å². The van der Waals surface area contributed by atoms with Gasteiger partial charge in [0, 0.05) is 18.0 Å². The van der Waals surface area contributed by atoms with Gasteiger partial charge in [-0.05, 0) is 39.5 Å². The van der Waals surface area contributed by atoms with Crippen molar-refractivity contribution in [2.75, 3.05) is 6.54 Å². The number of aryl methyl sites for hydroxylation is 1. The molecule has 1 saturated carbocycles. The number of hydrogen-bond donors (Lipinski definition) is 1. The number of H-pyrrole nitrogens is 1. The second-order valence-electron chi connectivity index (χ2n) is 7.44. The lowest BCUT2D eigenvalue weighted by atomic mass is 9.88. The predicted molar refractivity (Wildman–Crippen MR) is 93.8 cm³/mol. The molecule has 25 heavy (non-hydrogen) atoms. The number of likely N-dealkylation sites (tertiary alicyclic amines) is 1. The summed E-state index contributed by atoms with van der Waals surface area (Å²) in [5.74, 6) is 1.29. The van der Waals surface area contributed by atoms with E-state index in [2.05, 4.69) is 20.3 Å². The van der Waals surface area contributed by atoms with Gasteiger partial charge in [-0.1, -0.05) is 24.4 Å². The first-order valence-electron chi connectivity index (χ1n) is 9.44. The Bertz CT molecular complexity index is 757. The lowest BCUT2D eigenvalue weighted by molar-refractivity contribution is -0.137. The largest absolute Gasteiger partial charge is 0.356 e. The maximum Gasteiger partial charge on any atom is 0.226 e. The van der Waals surface area contributed by atoms with Crippen LogP contribution in [0.15, 0.2) is 10.7 Å². The molecule has 0 spiro atoms. The van der Waals surface area contributed by atoms with Crippen LogP contribution in [0.1, 0.15) is 67.9 Å². The van der Waals surface area contributed by atoms with E-state index in [1.54, 1.807) is 6.20 Å². The average Bonchev–Trinajstić information content (AvgIpc) is 3.36. The first-order chi connectivity index (χ1) is 12.2. The molecule has 1 saturated heterocycles. The topological polar surface area (TPSA) is 75.0 Å². The Morgan fingerprint density at radius 3 is 2.72 bits per heavy atom. The van der Waals surface area contributed by atoms with E-state index in [0.717, 1.165) is 60.5 Å². The van der Waals surface area contributed by atoms with Crippen LogP contribution in [-0.4, -0.2) is 32.7 Å². The molecular formula is C19H26N4O2. The highest BCUT2D eigenvalue weighted by Gasteiger charge is 2.37. The molecule has 1 aliphatic heterocycles. The Hall–Kier alpha value is -2.11. The van der Waals surface area contributed by atoms with Gasteiger partial charge >= 0.3 is 0 Å². The molecular weight excluding hydrogens is 316 g/mol. The minimum atomic E-state index is 0.0664. The highest BCUT2D eigenvalue weighted by Crippen LogP contribution is 2.39. The standard InChI is InChI=1S/C19H26N4O2/c1-12-13(2)22-25-18(12)15-11-20-21-17(15)16-9-6-10-23(16)19(24)14-7-4-3-5-8-14/h11,14,16H,3-10H2,1-2H3,(H,20,21)/t16-/m0/s1. The van der Waals surface area contributed by atoms with Crippen molar-refractivity contribution >= 4 is 5.91 Å². The molecule has 1 aliphatic carbocycles. The number of rotatable bonds is 3. The summed E-state index contributed by atoms with van der Waals surface area (Å²) in [7, 11) is 0. The summed E-state index contributed by atoms with van der Waals surface area (Å²) >= 11 is 0. The second kappa shape index (κ2) is 6.65. The van der Waals surface area contributed by atoms with Gasteiger partial charge in [0.2, 0.25) is 5.91 Å². The second-order valence-corrected chi connectivity index (χ2v) is 7.44. The van der Waals surface area contributed by atoms with Crippen LogP contribution in [-0.2, 0) is 4.79 Å².